The molecule has 1 aliphatic heterocycles. The number of nitrogens with one attached hydrogen (secondary N) is 1. The van der Waals surface area contributed by atoms with Crippen LogP contribution in [0.25, 0.3) is 11.2 Å². The van der Waals surface area contributed by atoms with E-state index in [-0.39, 0.29) is 17.6 Å². The Balaban J connectivity index is 1.32. The number of carbonyl (C=O) groups is 1. The van der Waals surface area contributed by atoms with Crippen LogP contribution in [0.2, 0.25) is 0 Å². The van der Waals surface area contributed by atoms with Crippen LogP contribution in [0.15, 0.2) is 41.2 Å². The molecule has 3 aromatic rings. The van der Waals surface area contributed by atoms with E-state index >= 15 is 0 Å². The molecule has 4 heterocycles. The average molecular weight is 538 g/mol. The summed E-state index contributed by atoms with van der Waals surface area (Å²) in [5.41, 5.74) is 9.69. The van der Waals surface area contributed by atoms with Gasteiger partial charge in [0.15, 0.2) is 0 Å². The van der Waals surface area contributed by atoms with Gasteiger partial charge in [-0.15, -0.1) is 0 Å². The number of nitrogens with zero attached hydrogens (tertiary/aromatic N) is 7. The molecule has 3 aromatic heterocycles. The first kappa shape index (κ1) is 25.9. The molecule has 0 amide bonds. The first-order valence-corrected chi connectivity index (χ1v) is 12.9. The number of pyridine rings is 1. The molecule has 12 heteroatoms. The molecule has 0 aromatic carbocycles. The minimum Gasteiger partial charge on any atom is -0.375 e. The Morgan fingerprint density at radius 3 is 2.55 bits per heavy atom. The molecule has 1 atom stereocenters. The number of aromatic nitrogens is 5. The molecular weight excluding hydrogens is 506 g/mol. The lowest BCUT2D eigenvalue weighted by Gasteiger charge is -2.36. The number of hydrogen-bond acceptors (Lipinski definition) is 10. The lowest BCUT2D eigenvalue weighted by Crippen LogP contribution is -2.47. The Morgan fingerprint density at radius 2 is 1.87 bits per heavy atom. The summed E-state index contributed by atoms with van der Waals surface area (Å²) in [6, 6.07) is 4.12. The van der Waals surface area contributed by atoms with Gasteiger partial charge in [0.1, 0.15) is 11.9 Å². The van der Waals surface area contributed by atoms with Gasteiger partial charge in [0.25, 0.3) is 0 Å². The van der Waals surface area contributed by atoms with Gasteiger partial charge in [-0.25, -0.2) is 4.98 Å². The second-order valence-corrected chi connectivity index (χ2v) is 10.9. The molecule has 0 saturated carbocycles. The summed E-state index contributed by atoms with van der Waals surface area (Å²) in [5.74, 6) is 1.25. The fourth-order valence-corrected chi connectivity index (χ4v) is 4.93. The maximum atomic E-state index is 11.8. The van der Waals surface area contributed by atoms with E-state index in [0.29, 0.717) is 34.6 Å². The molecule has 1 fully saturated rings. The Bertz CT molecular complexity index is 1420. The average Bonchev–Trinajstić information content (AvgIpc) is 3.30. The van der Waals surface area contributed by atoms with E-state index < -0.39 is 0 Å². The van der Waals surface area contributed by atoms with E-state index in [1.165, 1.54) is 0 Å². The third-order valence-electron chi connectivity index (χ3n) is 6.54. The largest absolute Gasteiger partial charge is 0.375 e. The maximum Gasteiger partial charge on any atom is 0.232 e. The number of ether oxygens (including phenoxy) is 1. The highest BCUT2D eigenvalue weighted by Gasteiger charge is 2.25. The summed E-state index contributed by atoms with van der Waals surface area (Å²) >= 11 is 6.39. The normalized spacial score (nSPS) is 18.7. The number of halogens is 1. The smallest absolute Gasteiger partial charge is 0.232 e. The first-order valence-electron chi connectivity index (χ1n) is 12.5. The first-order chi connectivity index (χ1) is 18.1. The third kappa shape index (κ3) is 5.44. The summed E-state index contributed by atoms with van der Waals surface area (Å²) in [6.07, 6.45) is 6.66. The SMILES string of the molecule is COC1CC(C=O)=C(c2cn3ccc(N4CCN(c5nc(N)nc(NC(C)(C)C)n5)CC4)cc3n2)C=C1Cl. The highest BCUT2D eigenvalue weighted by Crippen LogP contribution is 2.33. The lowest BCUT2D eigenvalue weighted by atomic mass is 9.94. The molecular formula is C26H32ClN9O2. The molecule has 0 bridgehead atoms. The number of methoxy groups -OCH3 is 1. The Labute approximate surface area is 226 Å². The van der Waals surface area contributed by atoms with Crippen molar-refractivity contribution in [3.05, 3.63) is 46.9 Å². The summed E-state index contributed by atoms with van der Waals surface area (Å²) < 4.78 is 7.33. The number of nitrogen functional groups attached to an aromatic ring is 1. The highest BCUT2D eigenvalue weighted by atomic mass is 35.5. The van der Waals surface area contributed by atoms with Gasteiger partial charge in [0, 0.05) is 85.6 Å². The van der Waals surface area contributed by atoms with Crippen molar-refractivity contribution in [3.63, 3.8) is 0 Å². The van der Waals surface area contributed by atoms with E-state index in [4.69, 9.17) is 27.1 Å². The molecule has 5 rings (SSSR count). The molecule has 1 aliphatic carbocycles. The standard InChI is InChI=1S/C26H32ClN9O2/c1-26(2,3)33-24-30-23(28)31-25(32-24)35-9-7-34(8-10-35)17-5-6-36-14-20(29-22(36)12-17)18-13-19(27)21(38-4)11-16(18)15-37/h5-6,12-15,21H,7-11H2,1-4H3,(H3,28,30,31,32,33). The Kier molecular flexibility index (Phi) is 6.97. The number of aldehydes is 1. The van der Waals surface area contributed by atoms with Gasteiger partial charge in [0.2, 0.25) is 17.8 Å². The summed E-state index contributed by atoms with van der Waals surface area (Å²) in [7, 11) is 1.58. The van der Waals surface area contributed by atoms with Crippen molar-refractivity contribution in [1.29, 1.82) is 0 Å². The van der Waals surface area contributed by atoms with Crippen molar-refractivity contribution in [2.75, 3.05) is 54.1 Å². The maximum absolute atomic E-state index is 11.8. The van der Waals surface area contributed by atoms with Gasteiger partial charge >= 0.3 is 0 Å². The van der Waals surface area contributed by atoms with Gasteiger partial charge < -0.3 is 30.0 Å². The highest BCUT2D eigenvalue weighted by molar-refractivity contribution is 6.31. The number of nitrogens with two attached hydrogens (primary N) is 1. The Hall–Kier alpha value is -3.70. The number of imidazole rings is 1. The van der Waals surface area contributed by atoms with Crippen molar-refractivity contribution in [2.24, 2.45) is 0 Å². The molecule has 3 N–H and O–H groups in total. The summed E-state index contributed by atoms with van der Waals surface area (Å²) in [6.45, 7) is 9.18. The van der Waals surface area contributed by atoms with Gasteiger partial charge in [-0.3, -0.25) is 4.79 Å². The molecule has 2 aliphatic rings. The van der Waals surface area contributed by atoms with Crippen LogP contribution in [0.4, 0.5) is 23.5 Å². The van der Waals surface area contributed by atoms with Gasteiger partial charge in [-0.2, -0.15) is 15.0 Å². The van der Waals surface area contributed by atoms with Crippen LogP contribution < -0.4 is 20.9 Å². The fraction of sp³-hybridized carbons (Fsp3) is 0.423. The van der Waals surface area contributed by atoms with Gasteiger partial charge in [0.05, 0.1) is 11.8 Å². The van der Waals surface area contributed by atoms with Crippen LogP contribution in [-0.2, 0) is 9.53 Å². The predicted molar refractivity (Wildman–Crippen MR) is 150 cm³/mol. The number of rotatable bonds is 6. The van der Waals surface area contributed by atoms with E-state index in [0.717, 1.165) is 49.4 Å². The molecule has 1 saturated heterocycles. The van der Waals surface area contributed by atoms with E-state index in [9.17, 15) is 4.79 Å². The molecule has 1 unspecified atom stereocenters. The number of hydrogen-bond donors (Lipinski definition) is 2. The van der Waals surface area contributed by atoms with Gasteiger partial charge in [-0.05, 0) is 32.9 Å². The van der Waals surface area contributed by atoms with Crippen LogP contribution in [0.5, 0.6) is 0 Å². The second-order valence-electron chi connectivity index (χ2n) is 10.5. The van der Waals surface area contributed by atoms with Crippen molar-refractivity contribution in [3.8, 4) is 0 Å². The lowest BCUT2D eigenvalue weighted by molar-refractivity contribution is -0.105. The van der Waals surface area contributed by atoms with Crippen LogP contribution >= 0.6 is 11.6 Å². The zero-order chi connectivity index (χ0) is 27.0. The van der Waals surface area contributed by atoms with E-state index in [1.807, 2.05) is 37.6 Å². The molecule has 0 spiro atoms. The molecule has 200 valence electrons. The van der Waals surface area contributed by atoms with Crippen LogP contribution in [-0.4, -0.2) is 75.6 Å². The topological polar surface area (TPSA) is 127 Å². The fourth-order valence-electron chi connectivity index (χ4n) is 4.65. The van der Waals surface area contributed by atoms with E-state index in [1.54, 1.807) is 13.2 Å². The van der Waals surface area contributed by atoms with Crippen molar-refractivity contribution >= 4 is 52.6 Å². The number of piperazine rings is 1. The molecule has 11 nitrogen and oxygen atoms in total. The number of carbonyl (C=O) groups excluding carboxylic acids is 1. The minimum absolute atomic E-state index is 0.188. The number of allylic oxidation sites excluding steroid dienone is 2. The van der Waals surface area contributed by atoms with Crippen LogP contribution in [0.3, 0.4) is 0 Å². The van der Waals surface area contributed by atoms with Crippen molar-refractivity contribution in [1.82, 2.24) is 24.3 Å². The zero-order valence-corrected chi connectivity index (χ0v) is 22.7. The zero-order valence-electron chi connectivity index (χ0n) is 22.0. The Morgan fingerprint density at radius 1 is 1.13 bits per heavy atom. The van der Waals surface area contributed by atoms with Gasteiger partial charge in [-0.1, -0.05) is 11.6 Å². The summed E-state index contributed by atoms with van der Waals surface area (Å²) in [5, 5.41) is 3.82. The second kappa shape index (κ2) is 10.2. The van der Waals surface area contributed by atoms with Crippen LogP contribution in [0, 0.1) is 0 Å². The monoisotopic (exact) mass is 537 g/mol. The number of fused-ring (bicyclic) bond motifs is 1. The quantitative estimate of drug-likeness (QED) is 0.453. The third-order valence-corrected chi connectivity index (χ3v) is 6.90. The van der Waals surface area contributed by atoms with Crippen molar-refractivity contribution in [2.45, 2.75) is 38.8 Å². The number of anilines is 4. The molecule has 38 heavy (non-hydrogen) atoms. The van der Waals surface area contributed by atoms with Crippen LogP contribution in [0.1, 0.15) is 32.9 Å². The van der Waals surface area contributed by atoms with E-state index in [2.05, 4.69) is 42.2 Å². The predicted octanol–water partition coefficient (Wildman–Crippen LogP) is 3.13. The van der Waals surface area contributed by atoms with Crippen molar-refractivity contribution < 1.29 is 9.53 Å². The summed E-state index contributed by atoms with van der Waals surface area (Å²) in [4.78, 5) is 34.2. The molecule has 0 radical (unpaired) electrons. The minimum atomic E-state index is -0.307.